The molecule has 1 atom stereocenters. The molecule has 0 aromatic rings. The first-order chi connectivity index (χ1) is 8.31. The lowest BCUT2D eigenvalue weighted by molar-refractivity contribution is -0.130. The fourth-order valence-corrected chi connectivity index (χ4v) is 3.06. The molecule has 2 aliphatic rings. The summed E-state index contributed by atoms with van der Waals surface area (Å²) in [7, 11) is 1.84. The number of nitrogens with zero attached hydrogens (tertiary/aromatic N) is 2. The average Bonchev–Trinajstić information content (AvgIpc) is 2.74. The van der Waals surface area contributed by atoms with Gasteiger partial charge in [-0.05, 0) is 52.2 Å². The lowest BCUT2D eigenvalue weighted by atomic mass is 10.1. The van der Waals surface area contributed by atoms with Crippen molar-refractivity contribution in [1.82, 2.24) is 15.1 Å². The first kappa shape index (κ1) is 15.7. The van der Waals surface area contributed by atoms with Crippen molar-refractivity contribution >= 4 is 18.3 Å². The number of nitrogens with one attached hydrogen (secondary N) is 1. The number of hydrogen-bond donors (Lipinski definition) is 1. The Hall–Kier alpha value is -0.320. The molecule has 0 saturated carbocycles. The van der Waals surface area contributed by atoms with Gasteiger partial charge in [0.15, 0.2) is 0 Å². The first-order valence-corrected chi connectivity index (χ1v) is 6.97. The number of carbonyl (C=O) groups is 1. The summed E-state index contributed by atoms with van der Waals surface area (Å²) >= 11 is 0. The van der Waals surface area contributed by atoms with Gasteiger partial charge < -0.3 is 15.1 Å². The van der Waals surface area contributed by atoms with Crippen LogP contribution in [0.3, 0.4) is 0 Å². The molecule has 2 aliphatic heterocycles. The molecule has 2 saturated heterocycles. The molecular weight excluding hydrogens is 250 g/mol. The topological polar surface area (TPSA) is 35.6 Å². The van der Waals surface area contributed by atoms with E-state index < -0.39 is 0 Å². The summed E-state index contributed by atoms with van der Waals surface area (Å²) in [5.41, 5.74) is 0. The van der Waals surface area contributed by atoms with Crippen molar-refractivity contribution in [3.8, 4) is 0 Å². The van der Waals surface area contributed by atoms with Gasteiger partial charge in [0, 0.05) is 19.1 Å². The zero-order chi connectivity index (χ0) is 12.1. The number of rotatable bonds is 3. The van der Waals surface area contributed by atoms with Crippen LogP contribution in [0.5, 0.6) is 0 Å². The van der Waals surface area contributed by atoms with E-state index in [0.717, 1.165) is 32.0 Å². The van der Waals surface area contributed by atoms with Crippen molar-refractivity contribution in [2.45, 2.75) is 38.1 Å². The molecule has 1 unspecified atom stereocenters. The molecule has 2 rings (SSSR count). The van der Waals surface area contributed by atoms with Crippen molar-refractivity contribution in [3.05, 3.63) is 0 Å². The van der Waals surface area contributed by atoms with Crippen molar-refractivity contribution in [2.24, 2.45) is 0 Å². The average molecular weight is 276 g/mol. The highest BCUT2D eigenvalue weighted by molar-refractivity contribution is 5.85. The van der Waals surface area contributed by atoms with Gasteiger partial charge in [-0.15, -0.1) is 12.4 Å². The quantitative estimate of drug-likeness (QED) is 0.838. The fourth-order valence-electron chi connectivity index (χ4n) is 3.06. The fraction of sp³-hybridized carbons (Fsp3) is 0.923. The molecule has 4 nitrogen and oxygen atoms in total. The highest BCUT2D eigenvalue weighted by Crippen LogP contribution is 2.21. The van der Waals surface area contributed by atoms with Crippen LogP contribution in [0.15, 0.2) is 0 Å². The molecular formula is C13H26ClN3O. The number of amides is 1. The van der Waals surface area contributed by atoms with E-state index in [1.165, 1.54) is 32.4 Å². The predicted molar refractivity (Wildman–Crippen MR) is 76.2 cm³/mol. The Morgan fingerprint density at radius 1 is 1.11 bits per heavy atom. The number of likely N-dealkylation sites (tertiary alicyclic amines) is 2. The SMILES string of the molecule is CNCC(=O)N1CCCC(N2CCCC2)CC1.Cl. The minimum atomic E-state index is 0. The van der Waals surface area contributed by atoms with Crippen LogP contribution in [-0.4, -0.2) is 61.5 Å². The van der Waals surface area contributed by atoms with Gasteiger partial charge in [-0.1, -0.05) is 0 Å². The summed E-state index contributed by atoms with van der Waals surface area (Å²) in [6.07, 6.45) is 6.31. The van der Waals surface area contributed by atoms with Gasteiger partial charge in [-0.2, -0.15) is 0 Å². The van der Waals surface area contributed by atoms with Crippen LogP contribution in [0, 0.1) is 0 Å². The lowest BCUT2D eigenvalue weighted by Gasteiger charge is -2.26. The van der Waals surface area contributed by atoms with Crippen LogP contribution in [0.25, 0.3) is 0 Å². The Balaban J connectivity index is 0.00000162. The molecule has 18 heavy (non-hydrogen) atoms. The molecule has 0 radical (unpaired) electrons. The van der Waals surface area contributed by atoms with E-state index >= 15 is 0 Å². The van der Waals surface area contributed by atoms with Crippen LogP contribution in [0.2, 0.25) is 0 Å². The molecule has 2 heterocycles. The third-order valence-corrected chi connectivity index (χ3v) is 4.04. The smallest absolute Gasteiger partial charge is 0.236 e. The van der Waals surface area contributed by atoms with E-state index in [1.807, 2.05) is 11.9 Å². The largest absolute Gasteiger partial charge is 0.342 e. The molecule has 0 aromatic heterocycles. The van der Waals surface area contributed by atoms with E-state index in [1.54, 1.807) is 0 Å². The second-order valence-corrected chi connectivity index (χ2v) is 5.24. The number of hydrogen-bond acceptors (Lipinski definition) is 3. The van der Waals surface area contributed by atoms with Crippen LogP contribution < -0.4 is 5.32 Å². The van der Waals surface area contributed by atoms with Crippen molar-refractivity contribution < 1.29 is 4.79 Å². The number of halogens is 1. The van der Waals surface area contributed by atoms with Gasteiger partial charge in [0.25, 0.3) is 0 Å². The van der Waals surface area contributed by atoms with Gasteiger partial charge >= 0.3 is 0 Å². The zero-order valence-electron chi connectivity index (χ0n) is 11.4. The predicted octanol–water partition coefficient (Wildman–Crippen LogP) is 1.10. The summed E-state index contributed by atoms with van der Waals surface area (Å²) in [6.45, 7) is 4.92. The van der Waals surface area contributed by atoms with Gasteiger partial charge in [0.05, 0.1) is 6.54 Å². The Bertz CT molecular complexity index is 257. The van der Waals surface area contributed by atoms with Crippen molar-refractivity contribution in [1.29, 1.82) is 0 Å². The summed E-state index contributed by atoms with van der Waals surface area (Å²) in [5.74, 6) is 0.259. The van der Waals surface area contributed by atoms with Crippen LogP contribution in [0.1, 0.15) is 32.1 Å². The summed E-state index contributed by atoms with van der Waals surface area (Å²) in [4.78, 5) is 16.5. The maximum Gasteiger partial charge on any atom is 0.236 e. The monoisotopic (exact) mass is 275 g/mol. The molecule has 0 bridgehead atoms. The highest BCUT2D eigenvalue weighted by atomic mass is 35.5. The molecule has 1 amide bonds. The van der Waals surface area contributed by atoms with E-state index in [2.05, 4.69) is 10.2 Å². The highest BCUT2D eigenvalue weighted by Gasteiger charge is 2.25. The van der Waals surface area contributed by atoms with Crippen molar-refractivity contribution in [2.75, 3.05) is 39.8 Å². The van der Waals surface area contributed by atoms with Crippen LogP contribution in [0.4, 0.5) is 0 Å². The van der Waals surface area contributed by atoms with Gasteiger partial charge in [-0.25, -0.2) is 0 Å². The van der Waals surface area contributed by atoms with Crippen LogP contribution >= 0.6 is 12.4 Å². The summed E-state index contributed by atoms with van der Waals surface area (Å²) < 4.78 is 0. The standard InChI is InChI=1S/C13H25N3O.ClH/c1-14-11-13(17)16-9-4-5-12(6-10-16)15-7-2-3-8-15;/h12,14H,2-11H2,1H3;1H. The third-order valence-electron chi connectivity index (χ3n) is 4.04. The molecule has 2 fully saturated rings. The van der Waals surface area contributed by atoms with E-state index in [-0.39, 0.29) is 18.3 Å². The number of carbonyl (C=O) groups excluding carboxylic acids is 1. The first-order valence-electron chi connectivity index (χ1n) is 6.97. The van der Waals surface area contributed by atoms with Gasteiger partial charge in [0.1, 0.15) is 0 Å². The second kappa shape index (κ2) is 7.97. The van der Waals surface area contributed by atoms with Crippen molar-refractivity contribution in [3.63, 3.8) is 0 Å². The summed E-state index contributed by atoms with van der Waals surface area (Å²) in [5, 5.41) is 2.95. The Kier molecular flexibility index (Phi) is 6.97. The normalized spacial score (nSPS) is 25.6. The second-order valence-electron chi connectivity index (χ2n) is 5.24. The van der Waals surface area contributed by atoms with Gasteiger partial charge in [-0.3, -0.25) is 4.79 Å². The van der Waals surface area contributed by atoms with E-state index in [9.17, 15) is 4.79 Å². The van der Waals surface area contributed by atoms with Gasteiger partial charge in [0.2, 0.25) is 5.91 Å². The maximum absolute atomic E-state index is 11.8. The molecule has 0 spiro atoms. The maximum atomic E-state index is 11.8. The Morgan fingerprint density at radius 3 is 2.50 bits per heavy atom. The molecule has 106 valence electrons. The minimum Gasteiger partial charge on any atom is -0.342 e. The molecule has 5 heteroatoms. The Labute approximate surface area is 116 Å². The molecule has 1 N–H and O–H groups in total. The Morgan fingerprint density at radius 2 is 1.83 bits per heavy atom. The van der Waals surface area contributed by atoms with Crippen LogP contribution in [-0.2, 0) is 4.79 Å². The molecule has 0 aromatic carbocycles. The lowest BCUT2D eigenvalue weighted by Crippen LogP contribution is -2.39. The molecule has 0 aliphatic carbocycles. The third kappa shape index (κ3) is 4.11. The number of likely N-dealkylation sites (N-methyl/N-ethyl adjacent to an activating group) is 1. The van der Waals surface area contributed by atoms with E-state index in [0.29, 0.717) is 6.54 Å². The minimum absolute atomic E-state index is 0. The summed E-state index contributed by atoms with van der Waals surface area (Å²) in [6, 6.07) is 0.727. The zero-order valence-corrected chi connectivity index (χ0v) is 12.2. The van der Waals surface area contributed by atoms with E-state index in [4.69, 9.17) is 0 Å².